The number of anilines is 1. The molecule has 0 amide bonds. The predicted octanol–water partition coefficient (Wildman–Crippen LogP) is 2.03. The van der Waals surface area contributed by atoms with Gasteiger partial charge in [-0.25, -0.2) is 4.98 Å². The van der Waals surface area contributed by atoms with Crippen molar-refractivity contribution in [3.8, 4) is 0 Å². The van der Waals surface area contributed by atoms with E-state index in [9.17, 15) is 10.1 Å². The van der Waals surface area contributed by atoms with Crippen LogP contribution in [-0.2, 0) is 0 Å². The van der Waals surface area contributed by atoms with Crippen molar-refractivity contribution >= 4 is 22.7 Å². The van der Waals surface area contributed by atoms with E-state index in [1.54, 1.807) is 6.07 Å². The van der Waals surface area contributed by atoms with Gasteiger partial charge in [-0.2, -0.15) is 0 Å². The number of aromatic amines is 1. The van der Waals surface area contributed by atoms with Crippen LogP contribution in [0.3, 0.4) is 0 Å². The molecule has 1 fully saturated rings. The number of benzene rings is 1. The number of piperidine rings is 1. The van der Waals surface area contributed by atoms with Crippen molar-refractivity contribution in [3.05, 3.63) is 28.3 Å². The molecule has 2 aromatic rings. The molecule has 0 spiro atoms. The number of nitro benzene ring substituents is 1. The zero-order valence-corrected chi connectivity index (χ0v) is 12.0. The van der Waals surface area contributed by atoms with Gasteiger partial charge in [0.05, 0.1) is 16.0 Å². The van der Waals surface area contributed by atoms with Crippen molar-refractivity contribution in [1.82, 2.24) is 9.97 Å². The lowest BCUT2D eigenvalue weighted by Gasteiger charge is -2.34. The summed E-state index contributed by atoms with van der Waals surface area (Å²) in [5.41, 5.74) is 7.52. The number of non-ortho nitro benzene ring substituents is 1. The molecule has 1 saturated heterocycles. The first-order valence-corrected chi connectivity index (χ1v) is 7.19. The van der Waals surface area contributed by atoms with Crippen LogP contribution in [0, 0.1) is 16.0 Å². The first-order chi connectivity index (χ1) is 10.0. The molecule has 1 aliphatic rings. The van der Waals surface area contributed by atoms with Crippen molar-refractivity contribution < 1.29 is 4.92 Å². The summed E-state index contributed by atoms with van der Waals surface area (Å²) in [6.07, 6.45) is 2.23. The number of aromatic nitrogens is 2. The molecule has 2 atom stereocenters. The number of hydrogen-bond donors (Lipinski definition) is 2. The zero-order valence-electron chi connectivity index (χ0n) is 12.0. The molecule has 21 heavy (non-hydrogen) atoms. The van der Waals surface area contributed by atoms with Gasteiger partial charge in [0.25, 0.3) is 5.69 Å². The van der Waals surface area contributed by atoms with Crippen LogP contribution in [0.4, 0.5) is 11.6 Å². The average molecular weight is 289 g/mol. The number of nitrogens with two attached hydrogens (primary N) is 1. The van der Waals surface area contributed by atoms with Crippen LogP contribution in [0.1, 0.15) is 19.8 Å². The van der Waals surface area contributed by atoms with Gasteiger partial charge in [0.2, 0.25) is 5.95 Å². The Balaban J connectivity index is 1.88. The number of imidazole rings is 1. The van der Waals surface area contributed by atoms with E-state index in [0.717, 1.165) is 37.4 Å². The van der Waals surface area contributed by atoms with Gasteiger partial charge >= 0.3 is 0 Å². The lowest BCUT2D eigenvalue weighted by atomic mass is 9.92. The van der Waals surface area contributed by atoms with Crippen LogP contribution in [0.15, 0.2) is 18.2 Å². The fourth-order valence-electron chi connectivity index (χ4n) is 2.88. The van der Waals surface area contributed by atoms with Crippen molar-refractivity contribution in [2.75, 3.05) is 18.0 Å². The molecule has 0 saturated carbocycles. The minimum Gasteiger partial charge on any atom is -0.342 e. The van der Waals surface area contributed by atoms with Gasteiger partial charge in [-0.3, -0.25) is 10.1 Å². The Morgan fingerprint density at radius 1 is 1.57 bits per heavy atom. The van der Waals surface area contributed by atoms with Gasteiger partial charge in [0.1, 0.15) is 0 Å². The summed E-state index contributed by atoms with van der Waals surface area (Å²) in [4.78, 5) is 20.3. The summed E-state index contributed by atoms with van der Waals surface area (Å²) in [7, 11) is 0. The third kappa shape index (κ3) is 2.69. The molecule has 3 rings (SSSR count). The number of rotatable bonds is 3. The van der Waals surface area contributed by atoms with Crippen molar-refractivity contribution in [2.24, 2.45) is 11.7 Å². The second-order valence-corrected chi connectivity index (χ2v) is 5.73. The minimum atomic E-state index is -0.396. The largest absolute Gasteiger partial charge is 0.342 e. The lowest BCUT2D eigenvalue weighted by molar-refractivity contribution is -0.384. The number of nitrogens with one attached hydrogen (secondary N) is 1. The van der Waals surface area contributed by atoms with E-state index in [4.69, 9.17) is 5.73 Å². The quantitative estimate of drug-likeness (QED) is 0.665. The fourth-order valence-corrected chi connectivity index (χ4v) is 2.88. The molecular formula is C14H19N5O2. The molecule has 2 unspecified atom stereocenters. The van der Waals surface area contributed by atoms with E-state index < -0.39 is 4.92 Å². The maximum Gasteiger partial charge on any atom is 0.271 e. The molecule has 7 nitrogen and oxygen atoms in total. The van der Waals surface area contributed by atoms with Crippen LogP contribution in [0.5, 0.6) is 0 Å². The van der Waals surface area contributed by atoms with Crippen molar-refractivity contribution in [1.29, 1.82) is 0 Å². The minimum absolute atomic E-state index is 0.0739. The highest BCUT2D eigenvalue weighted by atomic mass is 16.6. The Bertz CT molecular complexity index is 666. The Morgan fingerprint density at radius 3 is 3.10 bits per heavy atom. The summed E-state index contributed by atoms with van der Waals surface area (Å²) < 4.78 is 0. The monoisotopic (exact) mass is 289 g/mol. The number of H-pyrrole nitrogens is 1. The average Bonchev–Trinajstić information content (AvgIpc) is 2.90. The molecule has 2 heterocycles. The molecule has 0 aliphatic carbocycles. The summed E-state index contributed by atoms with van der Waals surface area (Å²) in [5, 5.41) is 10.8. The van der Waals surface area contributed by atoms with Crippen LogP contribution < -0.4 is 10.6 Å². The van der Waals surface area contributed by atoms with E-state index >= 15 is 0 Å². The number of nitro groups is 1. The Kier molecular flexibility index (Phi) is 3.50. The number of fused-ring (bicyclic) bond motifs is 1. The first-order valence-electron chi connectivity index (χ1n) is 7.19. The maximum absolute atomic E-state index is 10.8. The molecule has 1 aliphatic heterocycles. The predicted molar refractivity (Wildman–Crippen MR) is 81.3 cm³/mol. The van der Waals surface area contributed by atoms with Crippen LogP contribution in [-0.4, -0.2) is 34.0 Å². The Labute approximate surface area is 122 Å². The second-order valence-electron chi connectivity index (χ2n) is 5.73. The van der Waals surface area contributed by atoms with Crippen LogP contribution in [0.2, 0.25) is 0 Å². The molecule has 112 valence electrons. The molecular weight excluding hydrogens is 270 g/mol. The van der Waals surface area contributed by atoms with Gasteiger partial charge in [-0.05, 0) is 31.7 Å². The van der Waals surface area contributed by atoms with E-state index in [1.165, 1.54) is 12.1 Å². The summed E-state index contributed by atoms with van der Waals surface area (Å²) >= 11 is 0. The molecule has 1 aromatic heterocycles. The topological polar surface area (TPSA) is 101 Å². The molecule has 1 aromatic carbocycles. The SMILES string of the molecule is CC(N)C1CCCN(c2nc3ccc([N+](=O)[O-])cc3[nH]2)C1. The van der Waals surface area contributed by atoms with E-state index in [0.29, 0.717) is 11.4 Å². The van der Waals surface area contributed by atoms with Gasteiger partial charge in [-0.1, -0.05) is 0 Å². The van der Waals surface area contributed by atoms with E-state index in [1.807, 2.05) is 6.92 Å². The summed E-state index contributed by atoms with van der Waals surface area (Å²) in [5.74, 6) is 1.23. The second kappa shape index (κ2) is 5.33. The molecule has 7 heteroatoms. The number of hydrogen-bond acceptors (Lipinski definition) is 5. The standard InChI is InChI=1S/C14H19N5O2/c1-9(15)10-3-2-6-18(8-10)14-16-12-5-4-11(19(20)21)7-13(12)17-14/h4-5,7,9-10H,2-3,6,8,15H2,1H3,(H,16,17). The van der Waals surface area contributed by atoms with Gasteiger partial charge in [0, 0.05) is 31.3 Å². The molecule has 0 bridgehead atoms. The smallest absolute Gasteiger partial charge is 0.271 e. The van der Waals surface area contributed by atoms with Gasteiger partial charge in [-0.15, -0.1) is 0 Å². The number of nitrogens with zero attached hydrogens (tertiary/aromatic N) is 3. The normalized spacial score (nSPS) is 20.7. The maximum atomic E-state index is 10.8. The first kappa shape index (κ1) is 13.8. The Morgan fingerprint density at radius 2 is 2.38 bits per heavy atom. The van der Waals surface area contributed by atoms with Gasteiger partial charge < -0.3 is 15.6 Å². The van der Waals surface area contributed by atoms with Crippen LogP contribution >= 0.6 is 0 Å². The van der Waals surface area contributed by atoms with E-state index in [-0.39, 0.29) is 11.7 Å². The summed E-state index contributed by atoms with van der Waals surface area (Å²) in [6.45, 7) is 3.85. The van der Waals surface area contributed by atoms with Crippen molar-refractivity contribution in [2.45, 2.75) is 25.8 Å². The van der Waals surface area contributed by atoms with Gasteiger partial charge in [0.15, 0.2) is 0 Å². The van der Waals surface area contributed by atoms with Crippen LogP contribution in [0.25, 0.3) is 11.0 Å². The summed E-state index contributed by atoms with van der Waals surface area (Å²) in [6, 6.07) is 4.85. The lowest BCUT2D eigenvalue weighted by Crippen LogP contribution is -2.42. The van der Waals surface area contributed by atoms with Crippen molar-refractivity contribution in [3.63, 3.8) is 0 Å². The highest BCUT2D eigenvalue weighted by Gasteiger charge is 2.24. The third-order valence-corrected chi connectivity index (χ3v) is 4.16. The zero-order chi connectivity index (χ0) is 15.0. The molecule has 0 radical (unpaired) electrons. The molecule has 3 N–H and O–H groups in total. The van der Waals surface area contributed by atoms with E-state index in [2.05, 4.69) is 14.9 Å². The third-order valence-electron chi connectivity index (χ3n) is 4.16. The highest BCUT2D eigenvalue weighted by Crippen LogP contribution is 2.26. The Hall–Kier alpha value is -2.15. The highest BCUT2D eigenvalue weighted by molar-refractivity contribution is 5.80. The fraction of sp³-hybridized carbons (Fsp3) is 0.500.